The second-order valence-corrected chi connectivity index (χ2v) is 5.61. The van der Waals surface area contributed by atoms with Crippen LogP contribution in [0.3, 0.4) is 0 Å². The van der Waals surface area contributed by atoms with Crippen molar-refractivity contribution in [1.82, 2.24) is 10.6 Å². The number of primary amides is 1. The molecule has 1 saturated heterocycles. The van der Waals surface area contributed by atoms with Crippen LogP contribution in [0.15, 0.2) is 0 Å². The van der Waals surface area contributed by atoms with E-state index in [1.807, 2.05) is 5.32 Å². The van der Waals surface area contributed by atoms with E-state index in [0.717, 1.165) is 0 Å². The van der Waals surface area contributed by atoms with Crippen molar-refractivity contribution in [2.75, 3.05) is 18.1 Å². The van der Waals surface area contributed by atoms with Crippen LogP contribution in [0, 0.1) is 0 Å². The number of hydrogen-bond acceptors (Lipinski definition) is 5. The highest BCUT2D eigenvalue weighted by Gasteiger charge is 2.26. The van der Waals surface area contributed by atoms with Gasteiger partial charge in [-0.15, -0.1) is 0 Å². The van der Waals surface area contributed by atoms with Gasteiger partial charge in [0.15, 0.2) is 9.84 Å². The molecule has 0 bridgehead atoms. The fourth-order valence-corrected chi connectivity index (χ4v) is 2.85. The van der Waals surface area contributed by atoms with Crippen molar-refractivity contribution in [2.45, 2.75) is 12.5 Å². The first-order valence-electron chi connectivity index (χ1n) is 4.42. The molecule has 1 aliphatic heterocycles. The van der Waals surface area contributed by atoms with Crippen molar-refractivity contribution in [2.24, 2.45) is 5.73 Å². The maximum atomic E-state index is 11.2. The van der Waals surface area contributed by atoms with Crippen LogP contribution in [0.4, 0.5) is 4.79 Å². The second-order valence-electron chi connectivity index (χ2n) is 3.38. The van der Waals surface area contributed by atoms with Gasteiger partial charge in [0.25, 0.3) is 0 Å². The molecule has 1 atom stereocenters. The standard InChI is InChI=1S/C7H13N3O4S/c8-7(12)10-6(11)3-5-4-15(13,14)2-1-9-5/h5,9H,1-4H2,(H3,8,10,11,12). The Morgan fingerprint density at radius 3 is 2.67 bits per heavy atom. The van der Waals surface area contributed by atoms with E-state index >= 15 is 0 Å². The summed E-state index contributed by atoms with van der Waals surface area (Å²) in [6.07, 6.45) is -0.0673. The predicted molar refractivity (Wildman–Crippen MR) is 52.8 cm³/mol. The first-order chi connectivity index (χ1) is 6.89. The van der Waals surface area contributed by atoms with E-state index in [-0.39, 0.29) is 17.9 Å². The van der Waals surface area contributed by atoms with Crippen LogP contribution in [-0.2, 0) is 14.6 Å². The summed E-state index contributed by atoms with van der Waals surface area (Å²) in [5.41, 5.74) is 4.74. The first-order valence-corrected chi connectivity index (χ1v) is 6.24. The summed E-state index contributed by atoms with van der Waals surface area (Å²) in [6.45, 7) is 0.330. The molecule has 0 aromatic rings. The van der Waals surface area contributed by atoms with Gasteiger partial charge < -0.3 is 11.1 Å². The molecular formula is C7H13N3O4S. The largest absolute Gasteiger partial charge is 0.351 e. The molecule has 1 heterocycles. The molecule has 0 spiro atoms. The maximum absolute atomic E-state index is 11.2. The lowest BCUT2D eigenvalue weighted by atomic mass is 10.2. The van der Waals surface area contributed by atoms with Gasteiger partial charge in [-0.3, -0.25) is 10.1 Å². The first kappa shape index (κ1) is 11.9. The molecule has 1 aliphatic rings. The number of carbonyl (C=O) groups excluding carboxylic acids is 2. The van der Waals surface area contributed by atoms with Gasteiger partial charge in [-0.1, -0.05) is 0 Å². The highest BCUT2D eigenvalue weighted by Crippen LogP contribution is 2.04. The average Bonchev–Trinajstić information content (AvgIpc) is 1.99. The van der Waals surface area contributed by atoms with Crippen LogP contribution in [0.1, 0.15) is 6.42 Å². The molecule has 86 valence electrons. The van der Waals surface area contributed by atoms with Gasteiger partial charge in [0.2, 0.25) is 5.91 Å². The van der Waals surface area contributed by atoms with E-state index in [1.165, 1.54) is 0 Å². The molecule has 1 rings (SSSR count). The number of hydrogen-bond donors (Lipinski definition) is 3. The van der Waals surface area contributed by atoms with Gasteiger partial charge in [-0.05, 0) is 0 Å². The number of imide groups is 1. The molecule has 4 N–H and O–H groups in total. The molecule has 1 unspecified atom stereocenters. The van der Waals surface area contributed by atoms with Crippen LogP contribution in [0.25, 0.3) is 0 Å². The molecule has 3 amide bonds. The second kappa shape index (κ2) is 4.58. The minimum Gasteiger partial charge on any atom is -0.351 e. The van der Waals surface area contributed by atoms with Crippen molar-refractivity contribution in [1.29, 1.82) is 0 Å². The zero-order chi connectivity index (χ0) is 11.5. The third-order valence-electron chi connectivity index (χ3n) is 2.00. The molecule has 1 fully saturated rings. The van der Waals surface area contributed by atoms with Crippen molar-refractivity contribution in [3.05, 3.63) is 0 Å². The van der Waals surface area contributed by atoms with Crippen LogP contribution >= 0.6 is 0 Å². The number of rotatable bonds is 2. The lowest BCUT2D eigenvalue weighted by Gasteiger charge is -2.22. The Morgan fingerprint density at radius 2 is 2.13 bits per heavy atom. The minimum absolute atomic E-state index is 0.0673. The Morgan fingerprint density at radius 1 is 1.47 bits per heavy atom. The third-order valence-corrected chi connectivity index (χ3v) is 3.73. The molecule has 0 aromatic carbocycles. The van der Waals surface area contributed by atoms with Crippen LogP contribution < -0.4 is 16.4 Å². The fraction of sp³-hybridized carbons (Fsp3) is 0.714. The summed E-state index contributed by atoms with van der Waals surface area (Å²) in [4.78, 5) is 21.4. The molecular weight excluding hydrogens is 222 g/mol. The van der Waals surface area contributed by atoms with Gasteiger partial charge >= 0.3 is 6.03 Å². The van der Waals surface area contributed by atoms with Gasteiger partial charge in [0.1, 0.15) is 0 Å². The Labute approximate surface area is 87.3 Å². The summed E-state index contributed by atoms with van der Waals surface area (Å²) < 4.78 is 22.4. The molecule has 15 heavy (non-hydrogen) atoms. The van der Waals surface area contributed by atoms with E-state index in [9.17, 15) is 18.0 Å². The zero-order valence-electron chi connectivity index (χ0n) is 8.02. The number of amides is 3. The number of nitrogens with one attached hydrogen (secondary N) is 2. The normalized spacial score (nSPS) is 24.4. The SMILES string of the molecule is NC(=O)NC(=O)CC1CS(=O)(=O)CCN1. The Kier molecular flexibility index (Phi) is 3.64. The lowest BCUT2D eigenvalue weighted by Crippen LogP contribution is -2.48. The van der Waals surface area contributed by atoms with E-state index in [1.54, 1.807) is 0 Å². The Hall–Kier alpha value is -1.15. The molecule has 0 aromatic heterocycles. The van der Waals surface area contributed by atoms with E-state index in [4.69, 9.17) is 5.73 Å². The van der Waals surface area contributed by atoms with Crippen LogP contribution in [0.5, 0.6) is 0 Å². The summed E-state index contributed by atoms with van der Waals surface area (Å²) in [6, 6.07) is -1.37. The number of urea groups is 1. The molecule has 0 saturated carbocycles. The molecule has 7 nitrogen and oxygen atoms in total. The highest BCUT2D eigenvalue weighted by molar-refractivity contribution is 7.91. The zero-order valence-corrected chi connectivity index (χ0v) is 8.84. The van der Waals surface area contributed by atoms with Crippen molar-refractivity contribution in [3.8, 4) is 0 Å². The summed E-state index contributed by atoms with van der Waals surface area (Å²) in [5.74, 6) is -0.572. The fourth-order valence-electron chi connectivity index (χ4n) is 1.41. The molecule has 0 radical (unpaired) electrons. The number of nitrogens with two attached hydrogens (primary N) is 1. The topological polar surface area (TPSA) is 118 Å². The van der Waals surface area contributed by atoms with Crippen molar-refractivity contribution in [3.63, 3.8) is 0 Å². The van der Waals surface area contributed by atoms with Crippen LogP contribution in [0.2, 0.25) is 0 Å². The van der Waals surface area contributed by atoms with Gasteiger partial charge in [-0.25, -0.2) is 13.2 Å². The molecule has 8 heteroatoms. The smallest absolute Gasteiger partial charge is 0.318 e. The van der Waals surface area contributed by atoms with Gasteiger partial charge in [0.05, 0.1) is 11.5 Å². The van der Waals surface area contributed by atoms with Gasteiger partial charge in [0, 0.05) is 19.0 Å². The van der Waals surface area contributed by atoms with Crippen LogP contribution in [-0.4, -0.2) is 44.4 Å². The summed E-state index contributed by atoms with van der Waals surface area (Å²) in [7, 11) is -3.06. The van der Waals surface area contributed by atoms with Crippen molar-refractivity contribution < 1.29 is 18.0 Å². The predicted octanol–water partition coefficient (Wildman–Crippen LogP) is -2.04. The maximum Gasteiger partial charge on any atom is 0.318 e. The summed E-state index contributed by atoms with van der Waals surface area (Å²) in [5, 5.41) is 4.77. The third kappa shape index (κ3) is 4.26. The number of carbonyl (C=O) groups is 2. The van der Waals surface area contributed by atoms with Gasteiger partial charge in [-0.2, -0.15) is 0 Å². The number of sulfone groups is 1. The Balaban J connectivity index is 2.45. The average molecular weight is 235 g/mol. The summed E-state index contributed by atoms with van der Waals surface area (Å²) >= 11 is 0. The van der Waals surface area contributed by atoms with E-state index < -0.39 is 27.8 Å². The van der Waals surface area contributed by atoms with Crippen molar-refractivity contribution >= 4 is 21.8 Å². The lowest BCUT2D eigenvalue weighted by molar-refractivity contribution is -0.120. The minimum atomic E-state index is -3.06. The quantitative estimate of drug-likeness (QED) is 0.509. The van der Waals surface area contributed by atoms with E-state index in [0.29, 0.717) is 6.54 Å². The van der Waals surface area contributed by atoms with E-state index in [2.05, 4.69) is 5.32 Å². The Bertz CT molecular complexity index is 364. The monoisotopic (exact) mass is 235 g/mol. The highest BCUT2D eigenvalue weighted by atomic mass is 32.2. The molecule has 0 aliphatic carbocycles.